The molecule has 2 heterocycles. The third-order valence-electron chi connectivity index (χ3n) is 3.49. The molecule has 0 saturated heterocycles. The molecule has 1 atom stereocenters. The van der Waals surface area contributed by atoms with Crippen molar-refractivity contribution in [2.24, 2.45) is 0 Å². The SMILES string of the molecule is CCCNC(c1ncccn1)c1cc2cccc(C)c2o1. The zero-order chi connectivity index (χ0) is 14.7. The fraction of sp³-hybridized carbons (Fsp3) is 0.294. The third-order valence-corrected chi connectivity index (χ3v) is 3.49. The van der Waals surface area contributed by atoms with Crippen LogP contribution in [0, 0.1) is 6.92 Å². The van der Waals surface area contributed by atoms with Crippen LogP contribution in [0.5, 0.6) is 0 Å². The fourth-order valence-electron chi connectivity index (χ4n) is 2.44. The number of aromatic nitrogens is 2. The van der Waals surface area contributed by atoms with Gasteiger partial charge in [0.15, 0.2) is 5.82 Å². The van der Waals surface area contributed by atoms with Gasteiger partial charge in [-0.15, -0.1) is 0 Å². The van der Waals surface area contributed by atoms with E-state index >= 15 is 0 Å². The zero-order valence-corrected chi connectivity index (χ0v) is 12.3. The molecule has 1 aromatic carbocycles. The van der Waals surface area contributed by atoms with Gasteiger partial charge < -0.3 is 9.73 Å². The molecule has 4 heteroatoms. The topological polar surface area (TPSA) is 51.0 Å². The number of nitrogens with one attached hydrogen (secondary N) is 1. The van der Waals surface area contributed by atoms with Crippen molar-refractivity contribution in [3.05, 3.63) is 59.9 Å². The van der Waals surface area contributed by atoms with Crippen molar-refractivity contribution in [3.8, 4) is 0 Å². The monoisotopic (exact) mass is 281 g/mol. The minimum absolute atomic E-state index is 0.113. The summed E-state index contributed by atoms with van der Waals surface area (Å²) in [4.78, 5) is 8.73. The first-order valence-electron chi connectivity index (χ1n) is 7.29. The molecule has 0 bridgehead atoms. The maximum absolute atomic E-state index is 6.07. The van der Waals surface area contributed by atoms with Crippen LogP contribution >= 0.6 is 0 Å². The van der Waals surface area contributed by atoms with Gasteiger partial charge in [0.1, 0.15) is 17.4 Å². The normalized spacial score (nSPS) is 12.7. The minimum Gasteiger partial charge on any atom is -0.459 e. The van der Waals surface area contributed by atoms with Gasteiger partial charge >= 0.3 is 0 Å². The van der Waals surface area contributed by atoms with Crippen molar-refractivity contribution >= 4 is 11.0 Å². The Hall–Kier alpha value is -2.20. The van der Waals surface area contributed by atoms with Gasteiger partial charge in [0.05, 0.1) is 0 Å². The molecule has 1 N–H and O–H groups in total. The van der Waals surface area contributed by atoms with E-state index in [-0.39, 0.29) is 6.04 Å². The minimum atomic E-state index is -0.113. The molecule has 0 amide bonds. The molecule has 1 unspecified atom stereocenters. The molecule has 0 fully saturated rings. The van der Waals surface area contributed by atoms with Gasteiger partial charge in [-0.1, -0.05) is 25.1 Å². The average molecular weight is 281 g/mol. The van der Waals surface area contributed by atoms with Gasteiger partial charge in [-0.05, 0) is 37.6 Å². The van der Waals surface area contributed by atoms with Crippen LogP contribution in [0.3, 0.4) is 0 Å². The summed E-state index contributed by atoms with van der Waals surface area (Å²) < 4.78 is 6.07. The van der Waals surface area contributed by atoms with Crippen LogP contribution in [0.1, 0.15) is 36.5 Å². The second kappa shape index (κ2) is 6.06. The van der Waals surface area contributed by atoms with E-state index in [1.165, 1.54) is 0 Å². The van der Waals surface area contributed by atoms with Gasteiger partial charge in [-0.25, -0.2) is 9.97 Å². The summed E-state index contributed by atoms with van der Waals surface area (Å²) in [6.07, 6.45) is 4.57. The second-order valence-electron chi connectivity index (χ2n) is 5.14. The van der Waals surface area contributed by atoms with Gasteiger partial charge in [-0.2, -0.15) is 0 Å². The molecule has 108 valence electrons. The molecule has 0 aliphatic carbocycles. The van der Waals surface area contributed by atoms with E-state index in [4.69, 9.17) is 4.42 Å². The lowest BCUT2D eigenvalue weighted by Gasteiger charge is -2.14. The lowest BCUT2D eigenvalue weighted by molar-refractivity contribution is 0.456. The van der Waals surface area contributed by atoms with E-state index in [1.807, 2.05) is 12.1 Å². The summed E-state index contributed by atoms with van der Waals surface area (Å²) in [7, 11) is 0. The Bertz CT molecular complexity index is 721. The first-order valence-corrected chi connectivity index (χ1v) is 7.29. The second-order valence-corrected chi connectivity index (χ2v) is 5.14. The Morgan fingerprint density at radius 3 is 2.71 bits per heavy atom. The molecule has 0 saturated carbocycles. The van der Waals surface area contributed by atoms with Gasteiger partial charge in [0, 0.05) is 17.8 Å². The smallest absolute Gasteiger partial charge is 0.152 e. The van der Waals surface area contributed by atoms with E-state index in [1.54, 1.807) is 12.4 Å². The molecule has 21 heavy (non-hydrogen) atoms. The summed E-state index contributed by atoms with van der Waals surface area (Å²) in [5.74, 6) is 1.60. The average Bonchev–Trinajstić information content (AvgIpc) is 2.94. The van der Waals surface area contributed by atoms with Crippen molar-refractivity contribution in [3.63, 3.8) is 0 Å². The van der Waals surface area contributed by atoms with Crippen molar-refractivity contribution in [2.75, 3.05) is 6.54 Å². The molecule has 0 radical (unpaired) electrons. The number of rotatable bonds is 5. The first-order chi connectivity index (χ1) is 10.3. The molecule has 3 rings (SSSR count). The molecule has 0 aliphatic rings. The number of hydrogen-bond acceptors (Lipinski definition) is 4. The summed E-state index contributed by atoms with van der Waals surface area (Å²) >= 11 is 0. The third kappa shape index (κ3) is 2.81. The highest BCUT2D eigenvalue weighted by Gasteiger charge is 2.20. The number of para-hydroxylation sites is 1. The molecular weight excluding hydrogens is 262 g/mol. The fourth-order valence-corrected chi connectivity index (χ4v) is 2.44. The maximum atomic E-state index is 6.07. The van der Waals surface area contributed by atoms with Crippen LogP contribution in [0.15, 0.2) is 47.1 Å². The number of fused-ring (bicyclic) bond motifs is 1. The van der Waals surface area contributed by atoms with E-state index < -0.39 is 0 Å². The largest absolute Gasteiger partial charge is 0.459 e. The van der Waals surface area contributed by atoms with Crippen LogP contribution < -0.4 is 5.32 Å². The maximum Gasteiger partial charge on any atom is 0.152 e. The number of nitrogens with zero attached hydrogens (tertiary/aromatic N) is 2. The molecule has 4 nitrogen and oxygen atoms in total. The lowest BCUT2D eigenvalue weighted by atomic mass is 10.1. The Morgan fingerprint density at radius 2 is 2.00 bits per heavy atom. The van der Waals surface area contributed by atoms with Crippen molar-refractivity contribution < 1.29 is 4.42 Å². The Morgan fingerprint density at radius 1 is 1.19 bits per heavy atom. The van der Waals surface area contributed by atoms with Crippen molar-refractivity contribution in [1.82, 2.24) is 15.3 Å². The number of hydrogen-bond donors (Lipinski definition) is 1. The van der Waals surface area contributed by atoms with Gasteiger partial charge in [0.2, 0.25) is 0 Å². The van der Waals surface area contributed by atoms with E-state index in [0.717, 1.165) is 41.1 Å². The van der Waals surface area contributed by atoms with Crippen LogP contribution in [0.2, 0.25) is 0 Å². The number of aryl methyl sites for hydroxylation is 1. The summed E-state index contributed by atoms with van der Waals surface area (Å²) in [6, 6.07) is 9.96. The van der Waals surface area contributed by atoms with Crippen molar-refractivity contribution in [2.45, 2.75) is 26.3 Å². The number of benzene rings is 1. The molecular formula is C17H19N3O. The van der Waals surface area contributed by atoms with Crippen LogP contribution in [0.4, 0.5) is 0 Å². The Kier molecular flexibility index (Phi) is 3.97. The Labute approximate surface area is 124 Å². The zero-order valence-electron chi connectivity index (χ0n) is 12.3. The molecule has 0 aliphatic heterocycles. The highest BCUT2D eigenvalue weighted by Crippen LogP contribution is 2.28. The van der Waals surface area contributed by atoms with Crippen LogP contribution in [-0.4, -0.2) is 16.5 Å². The summed E-state index contributed by atoms with van der Waals surface area (Å²) in [5.41, 5.74) is 2.08. The molecule has 0 spiro atoms. The standard InChI is InChI=1S/C17H19N3O/c1-3-8-18-15(17-19-9-5-10-20-17)14-11-13-7-4-6-12(2)16(13)21-14/h4-7,9-11,15,18H,3,8H2,1-2H3. The van der Waals surface area contributed by atoms with E-state index in [9.17, 15) is 0 Å². The van der Waals surface area contributed by atoms with Gasteiger partial charge in [-0.3, -0.25) is 0 Å². The van der Waals surface area contributed by atoms with Crippen molar-refractivity contribution in [1.29, 1.82) is 0 Å². The predicted molar refractivity (Wildman–Crippen MR) is 83.1 cm³/mol. The highest BCUT2D eigenvalue weighted by atomic mass is 16.3. The summed E-state index contributed by atoms with van der Waals surface area (Å²) in [5, 5.41) is 4.58. The molecule has 3 aromatic rings. The first kappa shape index (κ1) is 13.8. The predicted octanol–water partition coefficient (Wildman–Crippen LogP) is 3.62. The Balaban J connectivity index is 2.03. The van der Waals surface area contributed by atoms with Crippen LogP contribution in [0.25, 0.3) is 11.0 Å². The highest BCUT2D eigenvalue weighted by molar-refractivity contribution is 5.81. The summed E-state index contributed by atoms with van der Waals surface area (Å²) in [6.45, 7) is 5.08. The van der Waals surface area contributed by atoms with Gasteiger partial charge in [0.25, 0.3) is 0 Å². The number of furan rings is 1. The van der Waals surface area contributed by atoms with E-state index in [0.29, 0.717) is 0 Å². The van der Waals surface area contributed by atoms with E-state index in [2.05, 4.69) is 47.3 Å². The van der Waals surface area contributed by atoms with Crippen LogP contribution in [-0.2, 0) is 0 Å². The quantitative estimate of drug-likeness (QED) is 0.776. The lowest BCUT2D eigenvalue weighted by Crippen LogP contribution is -2.24. The molecule has 2 aromatic heterocycles.